The zero-order valence-electron chi connectivity index (χ0n) is 19.5. The van der Waals surface area contributed by atoms with Crippen LogP contribution in [-0.4, -0.2) is 58.9 Å². The van der Waals surface area contributed by atoms with Crippen LogP contribution >= 0.6 is 0 Å². The lowest BCUT2D eigenvalue weighted by molar-refractivity contribution is 0.434. The average molecular weight is 438 g/mol. The highest BCUT2D eigenvalue weighted by molar-refractivity contribution is 7.88. The summed E-state index contributed by atoms with van der Waals surface area (Å²) in [6.07, 6.45) is 3.21. The van der Waals surface area contributed by atoms with Gasteiger partial charge in [0.05, 0.1) is 6.26 Å². The molecule has 0 radical (unpaired) electrons. The fourth-order valence-corrected chi connectivity index (χ4v) is 4.76. The summed E-state index contributed by atoms with van der Waals surface area (Å²) in [5, 5.41) is 6.72. The second-order valence-electron chi connectivity index (χ2n) is 9.89. The predicted octanol–water partition coefficient (Wildman–Crippen LogP) is 2.45. The highest BCUT2D eigenvalue weighted by atomic mass is 32.2. The van der Waals surface area contributed by atoms with Crippen molar-refractivity contribution in [1.82, 2.24) is 15.4 Å². The summed E-state index contributed by atoms with van der Waals surface area (Å²) in [5.41, 5.74) is 2.20. The Morgan fingerprint density at radius 1 is 1.10 bits per heavy atom. The number of nitrogens with one attached hydrogen (secondary N) is 3. The highest BCUT2D eigenvalue weighted by Crippen LogP contribution is 2.26. The molecule has 7 nitrogen and oxygen atoms in total. The Balaban J connectivity index is 1.84. The van der Waals surface area contributed by atoms with E-state index in [4.69, 9.17) is 0 Å². The Morgan fingerprint density at radius 3 is 2.13 bits per heavy atom. The van der Waals surface area contributed by atoms with E-state index in [1.54, 1.807) is 7.05 Å². The number of guanidine groups is 1. The van der Waals surface area contributed by atoms with Crippen LogP contribution in [0.2, 0.25) is 0 Å². The number of anilines is 1. The number of sulfonamides is 1. The van der Waals surface area contributed by atoms with Gasteiger partial charge in [-0.1, -0.05) is 32.9 Å². The van der Waals surface area contributed by atoms with Crippen molar-refractivity contribution in [3.8, 4) is 0 Å². The number of nitrogens with zero attached hydrogens (tertiary/aromatic N) is 2. The van der Waals surface area contributed by atoms with Gasteiger partial charge in [0.25, 0.3) is 0 Å². The molecule has 0 aliphatic carbocycles. The first-order valence-electron chi connectivity index (χ1n) is 10.6. The molecule has 0 amide bonds. The third-order valence-corrected chi connectivity index (χ3v) is 6.24. The van der Waals surface area contributed by atoms with E-state index in [1.165, 1.54) is 17.5 Å². The maximum absolute atomic E-state index is 11.5. The summed E-state index contributed by atoms with van der Waals surface area (Å²) in [6.45, 7) is 12.8. The summed E-state index contributed by atoms with van der Waals surface area (Å²) in [4.78, 5) is 6.73. The molecule has 1 fully saturated rings. The smallest absolute Gasteiger partial charge is 0.209 e. The van der Waals surface area contributed by atoms with E-state index >= 15 is 0 Å². The standard InChI is InChI=1S/C22H39N5O2S/c1-21(2,3)17-8-10-19(11-9-17)27-14-12-18(13-15-27)25-20(23-6)24-16-22(4,5)26-30(7,28)29/h8-11,18,26H,12-16H2,1-7H3,(H2,23,24,25). The number of rotatable bonds is 6. The molecular weight excluding hydrogens is 398 g/mol. The van der Waals surface area contributed by atoms with E-state index < -0.39 is 15.6 Å². The Bertz CT molecular complexity index is 818. The van der Waals surface area contributed by atoms with Gasteiger partial charge in [-0.15, -0.1) is 0 Å². The van der Waals surface area contributed by atoms with Crippen LogP contribution in [0.15, 0.2) is 29.3 Å². The number of hydrogen-bond donors (Lipinski definition) is 3. The molecule has 1 aliphatic rings. The van der Waals surface area contributed by atoms with Crippen molar-refractivity contribution < 1.29 is 8.42 Å². The van der Waals surface area contributed by atoms with Crippen LogP contribution < -0.4 is 20.3 Å². The van der Waals surface area contributed by atoms with E-state index in [9.17, 15) is 8.42 Å². The fourth-order valence-electron chi connectivity index (χ4n) is 3.68. The minimum atomic E-state index is -3.26. The first kappa shape index (κ1) is 24.5. The molecule has 1 heterocycles. The first-order chi connectivity index (χ1) is 13.8. The van der Waals surface area contributed by atoms with E-state index in [1.807, 2.05) is 13.8 Å². The van der Waals surface area contributed by atoms with Crippen molar-refractivity contribution in [3.63, 3.8) is 0 Å². The largest absolute Gasteiger partial charge is 0.371 e. The molecule has 1 aliphatic heterocycles. The normalized spacial score (nSPS) is 17.2. The van der Waals surface area contributed by atoms with Gasteiger partial charge in [-0.2, -0.15) is 0 Å². The lowest BCUT2D eigenvalue weighted by Gasteiger charge is -2.35. The van der Waals surface area contributed by atoms with Crippen LogP contribution in [0.1, 0.15) is 53.0 Å². The van der Waals surface area contributed by atoms with Crippen molar-refractivity contribution in [3.05, 3.63) is 29.8 Å². The van der Waals surface area contributed by atoms with Crippen molar-refractivity contribution in [1.29, 1.82) is 0 Å². The summed E-state index contributed by atoms with van der Waals surface area (Å²) in [6, 6.07) is 9.26. The first-order valence-corrected chi connectivity index (χ1v) is 12.5. The summed E-state index contributed by atoms with van der Waals surface area (Å²) < 4.78 is 25.6. The molecule has 0 atom stereocenters. The molecule has 0 spiro atoms. The molecule has 0 unspecified atom stereocenters. The van der Waals surface area contributed by atoms with Gasteiger partial charge >= 0.3 is 0 Å². The molecule has 2 rings (SSSR count). The van der Waals surface area contributed by atoms with Crippen LogP contribution in [0, 0.1) is 0 Å². The number of piperidine rings is 1. The maximum Gasteiger partial charge on any atom is 0.209 e. The van der Waals surface area contributed by atoms with Gasteiger partial charge in [-0.05, 0) is 49.8 Å². The van der Waals surface area contributed by atoms with Gasteiger partial charge in [0, 0.05) is 44.0 Å². The van der Waals surface area contributed by atoms with E-state index in [0.29, 0.717) is 18.5 Å². The number of benzene rings is 1. The summed E-state index contributed by atoms with van der Waals surface area (Å²) in [7, 11) is -1.53. The topological polar surface area (TPSA) is 85.8 Å². The Labute approximate surface area is 182 Å². The quantitative estimate of drug-likeness (QED) is 0.470. The number of aliphatic imine (C=N–C) groups is 1. The fraction of sp³-hybridized carbons (Fsp3) is 0.682. The van der Waals surface area contributed by atoms with Crippen molar-refractivity contribution in [2.45, 2.75) is 64.5 Å². The molecule has 1 saturated heterocycles. The van der Waals surface area contributed by atoms with Crippen LogP contribution in [0.4, 0.5) is 5.69 Å². The van der Waals surface area contributed by atoms with Crippen molar-refractivity contribution >= 4 is 21.7 Å². The Hall–Kier alpha value is -1.80. The minimum Gasteiger partial charge on any atom is -0.371 e. The van der Waals surface area contributed by atoms with Gasteiger partial charge in [-0.25, -0.2) is 13.1 Å². The molecule has 0 bridgehead atoms. The molecule has 30 heavy (non-hydrogen) atoms. The lowest BCUT2D eigenvalue weighted by atomic mass is 9.87. The van der Waals surface area contributed by atoms with Gasteiger partial charge in [0.1, 0.15) is 0 Å². The molecule has 0 saturated carbocycles. The van der Waals surface area contributed by atoms with E-state index in [0.717, 1.165) is 25.9 Å². The summed E-state index contributed by atoms with van der Waals surface area (Å²) in [5.74, 6) is 0.700. The highest BCUT2D eigenvalue weighted by Gasteiger charge is 2.24. The minimum absolute atomic E-state index is 0.170. The molecule has 1 aromatic rings. The average Bonchev–Trinajstić information content (AvgIpc) is 2.63. The lowest BCUT2D eigenvalue weighted by Crippen LogP contribution is -2.55. The second kappa shape index (κ2) is 9.56. The molecular formula is C22H39N5O2S. The summed E-state index contributed by atoms with van der Waals surface area (Å²) >= 11 is 0. The Kier molecular flexibility index (Phi) is 7.80. The third kappa shape index (κ3) is 7.80. The molecule has 170 valence electrons. The second-order valence-corrected chi connectivity index (χ2v) is 11.6. The van der Waals surface area contributed by atoms with Crippen LogP contribution in [0.25, 0.3) is 0 Å². The van der Waals surface area contributed by atoms with Crippen LogP contribution in [-0.2, 0) is 15.4 Å². The van der Waals surface area contributed by atoms with Gasteiger partial charge in [0.15, 0.2) is 5.96 Å². The van der Waals surface area contributed by atoms with Crippen LogP contribution in [0.3, 0.4) is 0 Å². The zero-order valence-corrected chi connectivity index (χ0v) is 20.4. The molecule has 1 aromatic carbocycles. The SMILES string of the molecule is CN=C(NCC(C)(C)NS(C)(=O)=O)NC1CCN(c2ccc(C(C)(C)C)cc2)CC1. The number of hydrogen-bond acceptors (Lipinski definition) is 4. The molecule has 0 aromatic heterocycles. The van der Waals surface area contributed by atoms with Crippen molar-refractivity contribution in [2.24, 2.45) is 4.99 Å². The molecule has 8 heteroatoms. The maximum atomic E-state index is 11.5. The van der Waals surface area contributed by atoms with Crippen molar-refractivity contribution in [2.75, 3.05) is 37.8 Å². The molecule has 3 N–H and O–H groups in total. The van der Waals surface area contributed by atoms with Gasteiger partial charge in [0.2, 0.25) is 10.0 Å². The Morgan fingerprint density at radius 2 is 1.67 bits per heavy atom. The van der Waals surface area contributed by atoms with E-state index in [-0.39, 0.29) is 5.41 Å². The van der Waals surface area contributed by atoms with Gasteiger partial charge in [-0.3, -0.25) is 4.99 Å². The zero-order chi connectivity index (χ0) is 22.6. The monoisotopic (exact) mass is 437 g/mol. The van der Waals surface area contributed by atoms with Gasteiger partial charge < -0.3 is 15.5 Å². The third-order valence-electron chi connectivity index (χ3n) is 5.32. The predicted molar refractivity (Wildman–Crippen MR) is 127 cm³/mol. The van der Waals surface area contributed by atoms with Crippen LogP contribution in [0.5, 0.6) is 0 Å². The van der Waals surface area contributed by atoms with E-state index in [2.05, 4.69) is 70.3 Å².